The van der Waals surface area contributed by atoms with Crippen molar-refractivity contribution < 1.29 is 0 Å². The first-order chi connectivity index (χ1) is 10.1. The van der Waals surface area contributed by atoms with E-state index >= 15 is 0 Å². The van der Waals surface area contributed by atoms with Crippen LogP contribution in [0, 0.1) is 11.8 Å². The molecule has 2 rings (SSSR count). The highest BCUT2D eigenvalue weighted by Crippen LogP contribution is 2.22. The van der Waals surface area contributed by atoms with Crippen molar-refractivity contribution >= 4 is 0 Å². The van der Waals surface area contributed by atoms with Gasteiger partial charge in [-0.15, -0.1) is 0 Å². The van der Waals surface area contributed by atoms with E-state index < -0.39 is 0 Å². The summed E-state index contributed by atoms with van der Waals surface area (Å²) in [5, 5.41) is 10.8. The Hall–Kier alpha value is -1.61. The van der Waals surface area contributed by atoms with Crippen LogP contribution in [-0.2, 0) is 13.0 Å². The van der Waals surface area contributed by atoms with Crippen LogP contribution in [0.25, 0.3) is 11.3 Å². The molecule has 0 fully saturated rings. The molecule has 2 aromatic rings. The zero-order valence-electron chi connectivity index (χ0n) is 13.6. The second-order valence-corrected chi connectivity index (χ2v) is 6.59. The number of aromatic amines is 1. The Morgan fingerprint density at radius 3 is 2.38 bits per heavy atom. The number of hydrogen-bond acceptors (Lipinski definition) is 2. The van der Waals surface area contributed by atoms with Gasteiger partial charge in [0, 0.05) is 12.1 Å². The first-order valence-corrected chi connectivity index (χ1v) is 7.88. The molecule has 0 aliphatic heterocycles. The van der Waals surface area contributed by atoms with Crippen LogP contribution in [-0.4, -0.2) is 16.7 Å². The number of benzene rings is 1. The average molecular weight is 285 g/mol. The molecule has 1 heterocycles. The van der Waals surface area contributed by atoms with Gasteiger partial charge in [0.05, 0.1) is 11.9 Å². The van der Waals surface area contributed by atoms with E-state index in [4.69, 9.17) is 0 Å². The average Bonchev–Trinajstić information content (AvgIpc) is 2.87. The van der Waals surface area contributed by atoms with Crippen molar-refractivity contribution in [2.24, 2.45) is 11.8 Å². The molecule has 3 nitrogen and oxygen atoms in total. The Kier molecular flexibility index (Phi) is 5.57. The van der Waals surface area contributed by atoms with Gasteiger partial charge in [0.25, 0.3) is 0 Å². The summed E-state index contributed by atoms with van der Waals surface area (Å²) < 4.78 is 0. The molecule has 114 valence electrons. The fraction of sp³-hybridized carbons (Fsp3) is 0.500. The van der Waals surface area contributed by atoms with Crippen LogP contribution in [0.15, 0.2) is 30.5 Å². The Morgan fingerprint density at radius 2 is 1.76 bits per heavy atom. The molecule has 0 bridgehead atoms. The van der Waals surface area contributed by atoms with Crippen molar-refractivity contribution in [1.29, 1.82) is 0 Å². The molecule has 2 N–H and O–H groups in total. The van der Waals surface area contributed by atoms with Crippen LogP contribution >= 0.6 is 0 Å². The quantitative estimate of drug-likeness (QED) is 0.806. The van der Waals surface area contributed by atoms with E-state index in [-0.39, 0.29) is 0 Å². The van der Waals surface area contributed by atoms with E-state index in [9.17, 15) is 0 Å². The minimum absolute atomic E-state index is 0.663. The number of nitrogens with one attached hydrogen (secondary N) is 2. The van der Waals surface area contributed by atoms with Gasteiger partial charge < -0.3 is 5.32 Å². The minimum atomic E-state index is 0.663. The molecule has 0 amide bonds. The number of rotatable bonds is 7. The third-order valence-corrected chi connectivity index (χ3v) is 3.47. The molecular weight excluding hydrogens is 258 g/mol. The molecule has 3 heteroatoms. The van der Waals surface area contributed by atoms with E-state index in [1.807, 2.05) is 6.20 Å². The van der Waals surface area contributed by atoms with E-state index in [0.717, 1.165) is 25.2 Å². The lowest BCUT2D eigenvalue weighted by Gasteiger charge is -2.09. The molecule has 0 aliphatic carbocycles. The lowest BCUT2D eigenvalue weighted by Crippen LogP contribution is -2.19. The lowest BCUT2D eigenvalue weighted by molar-refractivity contribution is 0.553. The summed E-state index contributed by atoms with van der Waals surface area (Å²) in [4.78, 5) is 0. The minimum Gasteiger partial charge on any atom is -0.312 e. The maximum absolute atomic E-state index is 4.20. The lowest BCUT2D eigenvalue weighted by atomic mass is 10.00. The second kappa shape index (κ2) is 7.41. The van der Waals surface area contributed by atoms with Gasteiger partial charge in [-0.25, -0.2) is 0 Å². The summed E-state index contributed by atoms with van der Waals surface area (Å²) in [6.45, 7) is 10.8. The van der Waals surface area contributed by atoms with Crippen molar-refractivity contribution in [3.05, 3.63) is 41.6 Å². The normalized spacial score (nSPS) is 11.5. The van der Waals surface area contributed by atoms with Crippen LogP contribution in [0.2, 0.25) is 0 Å². The third kappa shape index (κ3) is 4.71. The van der Waals surface area contributed by atoms with Crippen LogP contribution in [0.3, 0.4) is 0 Å². The van der Waals surface area contributed by atoms with Crippen LogP contribution in [0.1, 0.15) is 38.8 Å². The summed E-state index contributed by atoms with van der Waals surface area (Å²) in [5.41, 5.74) is 4.96. The topological polar surface area (TPSA) is 40.7 Å². The van der Waals surface area contributed by atoms with Crippen molar-refractivity contribution in [3.8, 4) is 11.3 Å². The van der Waals surface area contributed by atoms with E-state index in [0.29, 0.717) is 11.8 Å². The fourth-order valence-electron chi connectivity index (χ4n) is 2.47. The van der Waals surface area contributed by atoms with Crippen molar-refractivity contribution in [2.45, 2.75) is 40.7 Å². The van der Waals surface area contributed by atoms with Gasteiger partial charge in [-0.3, -0.25) is 5.10 Å². The maximum Gasteiger partial charge on any atom is 0.0695 e. The Balaban J connectivity index is 2.06. The van der Waals surface area contributed by atoms with E-state index in [1.165, 1.54) is 16.7 Å². The predicted molar refractivity (Wildman–Crippen MR) is 89.1 cm³/mol. The molecule has 0 saturated carbocycles. The highest BCUT2D eigenvalue weighted by molar-refractivity contribution is 5.62. The summed E-state index contributed by atoms with van der Waals surface area (Å²) >= 11 is 0. The van der Waals surface area contributed by atoms with Crippen molar-refractivity contribution in [3.63, 3.8) is 0 Å². The zero-order chi connectivity index (χ0) is 15.2. The first kappa shape index (κ1) is 15.8. The molecule has 21 heavy (non-hydrogen) atoms. The van der Waals surface area contributed by atoms with E-state index in [2.05, 4.69) is 67.5 Å². The standard InChI is InChI=1S/C18H27N3/c1-13(2)9-15-5-7-16(8-6-15)18-17(12-20-21-18)11-19-10-14(3)4/h5-8,12-14,19H,9-11H2,1-4H3,(H,20,21). The molecule has 0 saturated heterocycles. The second-order valence-electron chi connectivity index (χ2n) is 6.59. The molecule has 1 aromatic carbocycles. The van der Waals surface area contributed by atoms with Gasteiger partial charge in [0.15, 0.2) is 0 Å². The maximum atomic E-state index is 4.20. The van der Waals surface area contributed by atoms with Gasteiger partial charge in [-0.2, -0.15) is 5.10 Å². The molecule has 0 atom stereocenters. The Labute approximate surface area is 128 Å². The summed E-state index contributed by atoms with van der Waals surface area (Å²) in [7, 11) is 0. The molecule has 0 spiro atoms. The molecule has 0 radical (unpaired) electrons. The number of aromatic nitrogens is 2. The van der Waals surface area contributed by atoms with Crippen LogP contribution in [0.4, 0.5) is 0 Å². The Morgan fingerprint density at radius 1 is 1.05 bits per heavy atom. The van der Waals surface area contributed by atoms with Crippen LogP contribution in [0.5, 0.6) is 0 Å². The fourth-order valence-corrected chi connectivity index (χ4v) is 2.47. The first-order valence-electron chi connectivity index (χ1n) is 7.88. The van der Waals surface area contributed by atoms with Crippen molar-refractivity contribution in [1.82, 2.24) is 15.5 Å². The van der Waals surface area contributed by atoms with Gasteiger partial charge in [0.2, 0.25) is 0 Å². The summed E-state index contributed by atoms with van der Waals surface area (Å²) in [6, 6.07) is 8.83. The van der Waals surface area contributed by atoms with Gasteiger partial charge in [0.1, 0.15) is 0 Å². The zero-order valence-corrected chi connectivity index (χ0v) is 13.6. The predicted octanol–water partition coefficient (Wildman–Crippen LogP) is 4.02. The molecular formula is C18H27N3. The highest BCUT2D eigenvalue weighted by Gasteiger charge is 2.08. The van der Waals surface area contributed by atoms with Crippen LogP contribution < -0.4 is 5.32 Å². The number of hydrogen-bond donors (Lipinski definition) is 2. The molecule has 0 aliphatic rings. The van der Waals surface area contributed by atoms with Gasteiger partial charge in [-0.05, 0) is 35.9 Å². The highest BCUT2D eigenvalue weighted by atomic mass is 15.1. The molecule has 1 aromatic heterocycles. The SMILES string of the molecule is CC(C)CNCc1cn[nH]c1-c1ccc(CC(C)C)cc1. The molecule has 0 unspecified atom stereocenters. The van der Waals surface area contributed by atoms with Gasteiger partial charge >= 0.3 is 0 Å². The smallest absolute Gasteiger partial charge is 0.0695 e. The third-order valence-electron chi connectivity index (χ3n) is 3.47. The van der Waals surface area contributed by atoms with Crippen molar-refractivity contribution in [2.75, 3.05) is 6.54 Å². The summed E-state index contributed by atoms with van der Waals surface area (Å²) in [5.74, 6) is 1.36. The number of nitrogens with zero attached hydrogens (tertiary/aromatic N) is 1. The largest absolute Gasteiger partial charge is 0.312 e. The monoisotopic (exact) mass is 285 g/mol. The Bertz CT molecular complexity index is 538. The number of H-pyrrole nitrogens is 1. The summed E-state index contributed by atoms with van der Waals surface area (Å²) in [6.07, 6.45) is 3.05. The van der Waals surface area contributed by atoms with Gasteiger partial charge in [-0.1, -0.05) is 52.0 Å². The van der Waals surface area contributed by atoms with E-state index in [1.54, 1.807) is 0 Å².